The van der Waals surface area contributed by atoms with Crippen LogP contribution >= 0.6 is 0 Å². The molecule has 5 nitrogen and oxygen atoms in total. The van der Waals surface area contributed by atoms with Gasteiger partial charge in [-0.15, -0.1) is 0 Å². The average molecular weight is 377 g/mol. The van der Waals surface area contributed by atoms with Crippen molar-refractivity contribution in [1.82, 2.24) is 4.90 Å². The summed E-state index contributed by atoms with van der Waals surface area (Å²) in [5, 5.41) is 0. The van der Waals surface area contributed by atoms with Crippen LogP contribution in [0.5, 0.6) is 11.5 Å². The summed E-state index contributed by atoms with van der Waals surface area (Å²) in [6, 6.07) is 5.77. The molecule has 0 aliphatic carbocycles. The van der Waals surface area contributed by atoms with Gasteiger partial charge >= 0.3 is 0 Å². The van der Waals surface area contributed by atoms with Gasteiger partial charge in [-0.2, -0.15) is 0 Å². The van der Waals surface area contributed by atoms with E-state index in [1.54, 1.807) is 0 Å². The number of benzene rings is 1. The highest BCUT2D eigenvalue weighted by Crippen LogP contribution is 2.30. The lowest BCUT2D eigenvalue weighted by Crippen LogP contribution is -2.42. The van der Waals surface area contributed by atoms with Gasteiger partial charge < -0.3 is 20.1 Å². The van der Waals surface area contributed by atoms with E-state index < -0.39 is 0 Å². The van der Waals surface area contributed by atoms with Crippen molar-refractivity contribution in [2.45, 2.75) is 65.3 Å². The zero-order valence-electron chi connectivity index (χ0n) is 17.2. The molecule has 1 amide bonds. The van der Waals surface area contributed by atoms with Gasteiger partial charge in [0.2, 0.25) is 0 Å². The number of hydrogen-bond acceptors (Lipinski definition) is 4. The first kappa shape index (κ1) is 21.5. The summed E-state index contributed by atoms with van der Waals surface area (Å²) in [6.07, 6.45) is 6.09. The molecule has 0 radical (unpaired) electrons. The molecule has 2 N–H and O–H groups in total. The number of likely N-dealkylation sites (tertiary alicyclic amines) is 1. The number of hydrogen-bond donors (Lipinski definition) is 1. The molecule has 1 unspecified atom stereocenters. The van der Waals surface area contributed by atoms with E-state index in [1.807, 2.05) is 23.1 Å². The predicted molar refractivity (Wildman–Crippen MR) is 110 cm³/mol. The van der Waals surface area contributed by atoms with Crippen LogP contribution in [0.4, 0.5) is 0 Å². The topological polar surface area (TPSA) is 64.8 Å². The second-order valence-corrected chi connectivity index (χ2v) is 7.55. The van der Waals surface area contributed by atoms with E-state index in [9.17, 15) is 4.79 Å². The molecule has 1 aromatic carbocycles. The second-order valence-electron chi connectivity index (χ2n) is 7.55. The fourth-order valence-corrected chi connectivity index (χ4v) is 3.34. The van der Waals surface area contributed by atoms with Crippen LogP contribution in [-0.2, 0) is 0 Å². The van der Waals surface area contributed by atoms with E-state index in [4.69, 9.17) is 15.2 Å². The van der Waals surface area contributed by atoms with Gasteiger partial charge in [0.25, 0.3) is 5.91 Å². The Morgan fingerprint density at radius 2 is 1.70 bits per heavy atom. The van der Waals surface area contributed by atoms with Crippen molar-refractivity contribution >= 4 is 5.91 Å². The molecule has 1 aliphatic heterocycles. The maximum Gasteiger partial charge on any atom is 0.253 e. The first-order valence-electron chi connectivity index (χ1n) is 10.5. The Bertz CT molecular complexity index is 581. The molecular weight excluding hydrogens is 340 g/mol. The first-order valence-corrected chi connectivity index (χ1v) is 10.5. The molecule has 1 heterocycles. The van der Waals surface area contributed by atoms with Crippen LogP contribution in [0.15, 0.2) is 18.2 Å². The average Bonchev–Trinajstić information content (AvgIpc) is 2.68. The number of unbranched alkanes of at least 4 members (excludes halogenated alkanes) is 2. The number of nitrogens with two attached hydrogens (primary N) is 1. The molecule has 5 heteroatoms. The Morgan fingerprint density at radius 3 is 2.26 bits per heavy atom. The van der Waals surface area contributed by atoms with E-state index in [0.29, 0.717) is 30.4 Å². The maximum absolute atomic E-state index is 12.9. The molecule has 27 heavy (non-hydrogen) atoms. The Labute approximate surface area is 164 Å². The molecule has 0 bridgehead atoms. The van der Waals surface area contributed by atoms with Gasteiger partial charge in [-0.05, 0) is 56.7 Å². The van der Waals surface area contributed by atoms with Crippen molar-refractivity contribution in [3.8, 4) is 11.5 Å². The van der Waals surface area contributed by atoms with Gasteiger partial charge in [0.05, 0.1) is 13.2 Å². The smallest absolute Gasteiger partial charge is 0.253 e. The van der Waals surface area contributed by atoms with E-state index in [0.717, 1.165) is 57.4 Å². The lowest BCUT2D eigenvalue weighted by atomic mass is 9.90. The molecule has 0 aromatic heterocycles. The van der Waals surface area contributed by atoms with Gasteiger partial charge in [-0.1, -0.05) is 26.7 Å². The summed E-state index contributed by atoms with van der Waals surface area (Å²) in [4.78, 5) is 14.9. The summed E-state index contributed by atoms with van der Waals surface area (Å²) in [5.41, 5.74) is 6.68. The highest BCUT2D eigenvalue weighted by Gasteiger charge is 2.26. The van der Waals surface area contributed by atoms with Crippen molar-refractivity contribution in [2.24, 2.45) is 11.7 Å². The Balaban J connectivity index is 2.06. The number of nitrogens with zero attached hydrogens (tertiary/aromatic N) is 1. The number of carbonyl (C=O) groups excluding carboxylic acids is 1. The van der Waals surface area contributed by atoms with Crippen LogP contribution in [0.3, 0.4) is 0 Å². The Morgan fingerprint density at radius 1 is 1.11 bits per heavy atom. The molecule has 2 rings (SSSR count). The lowest BCUT2D eigenvalue weighted by Gasteiger charge is -2.33. The molecule has 1 saturated heterocycles. The quantitative estimate of drug-likeness (QED) is 0.620. The van der Waals surface area contributed by atoms with Crippen molar-refractivity contribution in [1.29, 1.82) is 0 Å². The highest BCUT2D eigenvalue weighted by molar-refractivity contribution is 5.95. The van der Waals surface area contributed by atoms with Crippen LogP contribution in [0.1, 0.15) is 69.7 Å². The lowest BCUT2D eigenvalue weighted by molar-refractivity contribution is 0.0680. The van der Waals surface area contributed by atoms with E-state index >= 15 is 0 Å². The summed E-state index contributed by atoms with van der Waals surface area (Å²) in [6.45, 7) is 9.17. The standard InChI is InChI=1S/C22H36N2O3/c1-4-6-14-26-20-9-8-19(16-21(20)27-15-7-5-2)22(25)24-12-10-18(11-13-24)17(3)23/h8-9,16-18H,4-7,10-15,23H2,1-3H3. The van der Waals surface area contributed by atoms with Gasteiger partial charge in [-0.25, -0.2) is 0 Å². The van der Waals surface area contributed by atoms with Crippen LogP contribution in [0.25, 0.3) is 0 Å². The van der Waals surface area contributed by atoms with Crippen molar-refractivity contribution in [3.05, 3.63) is 23.8 Å². The number of ether oxygens (including phenoxy) is 2. The molecule has 1 atom stereocenters. The maximum atomic E-state index is 12.9. The van der Waals surface area contributed by atoms with Crippen LogP contribution in [-0.4, -0.2) is 43.2 Å². The van der Waals surface area contributed by atoms with Crippen LogP contribution in [0, 0.1) is 5.92 Å². The molecule has 1 aliphatic rings. The summed E-state index contributed by atoms with van der Waals surface area (Å²) < 4.78 is 11.8. The van der Waals surface area contributed by atoms with E-state index in [-0.39, 0.29) is 11.9 Å². The van der Waals surface area contributed by atoms with E-state index in [1.165, 1.54) is 0 Å². The second kappa shape index (κ2) is 11.2. The fraction of sp³-hybridized carbons (Fsp3) is 0.682. The Kier molecular flexibility index (Phi) is 8.92. The highest BCUT2D eigenvalue weighted by atomic mass is 16.5. The monoisotopic (exact) mass is 376 g/mol. The third kappa shape index (κ3) is 6.42. The largest absolute Gasteiger partial charge is 0.490 e. The predicted octanol–water partition coefficient (Wildman–Crippen LogP) is 4.24. The fourth-order valence-electron chi connectivity index (χ4n) is 3.34. The SMILES string of the molecule is CCCCOc1ccc(C(=O)N2CCC(C(C)N)CC2)cc1OCCCC. The number of rotatable bonds is 10. The number of carbonyl (C=O) groups is 1. The normalized spacial score (nSPS) is 16.2. The first-order chi connectivity index (χ1) is 13.1. The molecular formula is C22H36N2O3. The van der Waals surface area contributed by atoms with Crippen LogP contribution < -0.4 is 15.2 Å². The van der Waals surface area contributed by atoms with Gasteiger partial charge in [-0.3, -0.25) is 4.79 Å². The third-order valence-corrected chi connectivity index (χ3v) is 5.27. The summed E-state index contributed by atoms with van der Waals surface area (Å²) in [7, 11) is 0. The van der Waals surface area contributed by atoms with E-state index in [2.05, 4.69) is 20.8 Å². The number of piperidine rings is 1. The Hall–Kier alpha value is -1.75. The minimum absolute atomic E-state index is 0.0681. The van der Waals surface area contributed by atoms with Crippen molar-refractivity contribution in [3.63, 3.8) is 0 Å². The minimum Gasteiger partial charge on any atom is -0.490 e. The zero-order chi connectivity index (χ0) is 19.6. The van der Waals surface area contributed by atoms with Crippen molar-refractivity contribution < 1.29 is 14.3 Å². The van der Waals surface area contributed by atoms with Gasteiger partial charge in [0.15, 0.2) is 11.5 Å². The summed E-state index contributed by atoms with van der Waals surface area (Å²) >= 11 is 0. The summed E-state index contributed by atoms with van der Waals surface area (Å²) in [5.74, 6) is 1.98. The zero-order valence-corrected chi connectivity index (χ0v) is 17.2. The van der Waals surface area contributed by atoms with Crippen LogP contribution in [0.2, 0.25) is 0 Å². The molecule has 1 fully saturated rings. The molecule has 0 saturated carbocycles. The third-order valence-electron chi connectivity index (χ3n) is 5.27. The van der Waals surface area contributed by atoms with Crippen molar-refractivity contribution in [2.75, 3.05) is 26.3 Å². The molecule has 152 valence electrons. The molecule has 1 aromatic rings. The van der Waals surface area contributed by atoms with Gasteiger partial charge in [0, 0.05) is 24.7 Å². The molecule has 0 spiro atoms. The minimum atomic E-state index is 0.0681. The number of amides is 1. The van der Waals surface area contributed by atoms with Gasteiger partial charge in [0.1, 0.15) is 0 Å².